The fraction of sp³-hybridized carbons (Fsp3) is 0.576. The van der Waals surface area contributed by atoms with Crippen molar-refractivity contribution in [3.05, 3.63) is 65.7 Å². The number of nitrogens with zero attached hydrogens (tertiary/aromatic N) is 1. The number of nitrogens with one attached hydrogen (secondary N) is 3. The molecule has 252 valence electrons. The summed E-state index contributed by atoms with van der Waals surface area (Å²) in [6, 6.07) is 14.7. The van der Waals surface area contributed by atoms with Crippen LogP contribution in [0.5, 0.6) is 0 Å². The van der Waals surface area contributed by atoms with Crippen LogP contribution in [0.2, 0.25) is 0 Å². The predicted molar refractivity (Wildman–Crippen MR) is 170 cm³/mol. The maximum Gasteiger partial charge on any atom is 0.407 e. The van der Waals surface area contributed by atoms with Gasteiger partial charge in [0.05, 0.1) is 42.2 Å². The third-order valence-corrected chi connectivity index (χ3v) is 10.5. The van der Waals surface area contributed by atoms with Gasteiger partial charge in [0.1, 0.15) is 6.10 Å². The largest absolute Gasteiger partial charge is 0.443 e. The first-order valence-electron chi connectivity index (χ1n) is 16.1. The molecule has 3 saturated heterocycles. The number of carbonyl (C=O) groups is 2. The predicted octanol–water partition coefficient (Wildman–Crippen LogP) is 2.16. The van der Waals surface area contributed by atoms with Crippen molar-refractivity contribution in [3.8, 4) is 0 Å². The number of amides is 2. The van der Waals surface area contributed by atoms with Crippen molar-refractivity contribution in [2.24, 2.45) is 11.8 Å². The van der Waals surface area contributed by atoms with Gasteiger partial charge in [-0.3, -0.25) is 4.79 Å². The van der Waals surface area contributed by atoms with E-state index in [-0.39, 0.29) is 67.6 Å². The number of alkyl carbamates (subject to hydrolysis) is 1. The average Bonchev–Trinajstić information content (AvgIpc) is 3.81. The molecule has 3 heterocycles. The molecule has 3 aliphatic heterocycles. The molecule has 0 bridgehead atoms. The summed E-state index contributed by atoms with van der Waals surface area (Å²) in [5.74, 6) is -0.140. The minimum absolute atomic E-state index is 0.0323. The van der Waals surface area contributed by atoms with Gasteiger partial charge in [-0.1, -0.05) is 56.3 Å². The van der Waals surface area contributed by atoms with E-state index in [1.54, 1.807) is 12.1 Å². The quantitative estimate of drug-likeness (QED) is 0.239. The Bertz CT molecular complexity index is 1400. The summed E-state index contributed by atoms with van der Waals surface area (Å²) in [6.07, 6.45) is -0.0288. The highest BCUT2D eigenvalue weighted by Crippen LogP contribution is 2.33. The van der Waals surface area contributed by atoms with E-state index in [0.29, 0.717) is 6.61 Å². The molecule has 12 nitrogen and oxygen atoms in total. The summed E-state index contributed by atoms with van der Waals surface area (Å²) in [4.78, 5) is 25.5. The normalized spacial score (nSPS) is 24.1. The molecule has 0 aliphatic carbocycles. The van der Waals surface area contributed by atoms with Crippen molar-refractivity contribution >= 4 is 22.0 Å². The Morgan fingerprint density at radius 1 is 1.04 bits per heavy atom. The summed E-state index contributed by atoms with van der Waals surface area (Å²) >= 11 is 0. The van der Waals surface area contributed by atoms with Crippen LogP contribution < -0.4 is 16.0 Å². The molecule has 0 aromatic heterocycles. The van der Waals surface area contributed by atoms with Crippen LogP contribution in [0.15, 0.2) is 59.5 Å². The van der Waals surface area contributed by atoms with E-state index < -0.39 is 34.4 Å². The maximum atomic E-state index is 13.9. The van der Waals surface area contributed by atoms with Crippen molar-refractivity contribution in [2.45, 2.75) is 81.6 Å². The zero-order chi connectivity index (χ0) is 32.7. The zero-order valence-corrected chi connectivity index (χ0v) is 27.3. The Kier molecular flexibility index (Phi) is 11.7. The highest BCUT2D eigenvalue weighted by Gasteiger charge is 2.44. The number of aliphatic hydroxyl groups is 1. The summed E-state index contributed by atoms with van der Waals surface area (Å²) in [5, 5.41) is 20.4. The molecule has 3 aliphatic rings. The van der Waals surface area contributed by atoms with Crippen LogP contribution in [0.1, 0.15) is 44.2 Å². The first-order valence-corrected chi connectivity index (χ1v) is 17.6. The van der Waals surface area contributed by atoms with E-state index in [0.717, 1.165) is 36.9 Å². The number of sulfonamides is 1. The molecular formula is C33H46N4O8S. The Morgan fingerprint density at radius 3 is 2.50 bits per heavy atom. The molecule has 2 aromatic carbocycles. The number of carbonyl (C=O) groups excluding carboxylic acids is 2. The van der Waals surface area contributed by atoms with Gasteiger partial charge in [-0.25, -0.2) is 13.2 Å². The Hall–Kier alpha value is -3.07. The zero-order valence-electron chi connectivity index (χ0n) is 26.5. The van der Waals surface area contributed by atoms with Gasteiger partial charge in [0, 0.05) is 19.6 Å². The Balaban J connectivity index is 1.26. The second-order valence-electron chi connectivity index (χ2n) is 12.7. The van der Waals surface area contributed by atoms with Gasteiger partial charge >= 0.3 is 6.09 Å². The van der Waals surface area contributed by atoms with Crippen molar-refractivity contribution in [1.82, 2.24) is 20.3 Å². The lowest BCUT2D eigenvalue weighted by Crippen LogP contribution is -2.51. The van der Waals surface area contributed by atoms with E-state index in [9.17, 15) is 23.1 Å². The van der Waals surface area contributed by atoms with Gasteiger partial charge in [-0.2, -0.15) is 4.31 Å². The monoisotopic (exact) mass is 658 g/mol. The topological polar surface area (TPSA) is 156 Å². The van der Waals surface area contributed by atoms with E-state index in [1.165, 1.54) is 16.4 Å². The minimum Gasteiger partial charge on any atom is -0.443 e. The molecule has 1 unspecified atom stereocenters. The van der Waals surface area contributed by atoms with Crippen LogP contribution in [0.25, 0.3) is 0 Å². The summed E-state index contributed by atoms with van der Waals surface area (Å²) in [7, 11) is -4.01. The average molecular weight is 659 g/mol. The lowest BCUT2D eigenvalue weighted by molar-refractivity contribution is -0.122. The third kappa shape index (κ3) is 8.84. The van der Waals surface area contributed by atoms with Crippen molar-refractivity contribution in [2.75, 3.05) is 32.8 Å². The van der Waals surface area contributed by atoms with Crippen LogP contribution in [0.3, 0.4) is 0 Å². The maximum absolute atomic E-state index is 13.9. The van der Waals surface area contributed by atoms with Gasteiger partial charge in [-0.05, 0) is 61.4 Å². The number of hydrogen-bond acceptors (Lipinski definition) is 9. The molecular weight excluding hydrogens is 612 g/mol. The van der Waals surface area contributed by atoms with E-state index in [1.807, 2.05) is 44.2 Å². The molecule has 2 amide bonds. The smallest absolute Gasteiger partial charge is 0.407 e. The SMILES string of the molecule is CC(C)CN(C[C@@H](O)C(Cc1ccccc1)NC(=O)O[C@H]1CO[C@H]2OCC[C@H]21)S(=O)(=O)c1ccc(CNC(=O)[C@@H]2CCCN2)cc1. The molecule has 4 N–H and O–H groups in total. The second kappa shape index (κ2) is 15.7. The molecule has 0 spiro atoms. The van der Waals surface area contributed by atoms with Crippen LogP contribution in [0.4, 0.5) is 4.79 Å². The number of benzene rings is 2. The first-order chi connectivity index (χ1) is 22.1. The van der Waals surface area contributed by atoms with E-state index >= 15 is 0 Å². The minimum atomic E-state index is -4.01. The van der Waals surface area contributed by atoms with Crippen LogP contribution in [-0.4, -0.2) is 93.3 Å². The molecule has 6 atom stereocenters. The summed E-state index contributed by atoms with van der Waals surface area (Å²) < 4.78 is 45.9. The van der Waals surface area contributed by atoms with Crippen LogP contribution in [-0.2, 0) is 42.0 Å². The lowest BCUT2D eigenvalue weighted by atomic mass is 10.0. The number of fused-ring (bicyclic) bond motifs is 1. The van der Waals surface area contributed by atoms with Gasteiger partial charge in [-0.15, -0.1) is 0 Å². The van der Waals surface area contributed by atoms with Gasteiger partial charge in [0.2, 0.25) is 15.9 Å². The van der Waals surface area contributed by atoms with Gasteiger partial charge in [0.25, 0.3) is 0 Å². The Morgan fingerprint density at radius 2 is 1.80 bits per heavy atom. The summed E-state index contributed by atoms with van der Waals surface area (Å²) in [5.41, 5.74) is 1.64. The fourth-order valence-electron chi connectivity index (χ4n) is 6.18. The standard InChI is InChI=1S/C33H46N4O8S/c1-22(2)19-37(46(41,42)25-12-10-24(11-13-25)18-35-31(39)27-9-6-15-34-27)20-29(38)28(17-23-7-4-3-5-8-23)36-33(40)45-30-21-44-32-26(30)14-16-43-32/h3-5,7-8,10-13,22,26-30,32,34,38H,6,9,14-21H2,1-2H3,(H,35,39)(H,36,40)/t26-,27-,28?,29+,30-,32+/m0/s1. The van der Waals surface area contributed by atoms with Crippen molar-refractivity contribution < 1.29 is 37.3 Å². The lowest BCUT2D eigenvalue weighted by Gasteiger charge is -2.31. The molecule has 2 aromatic rings. The Labute approximate surface area is 271 Å². The van der Waals surface area contributed by atoms with Gasteiger partial charge < -0.3 is 35.3 Å². The molecule has 3 fully saturated rings. The fourth-order valence-corrected chi connectivity index (χ4v) is 7.81. The van der Waals surface area contributed by atoms with Crippen LogP contribution in [0, 0.1) is 11.8 Å². The van der Waals surface area contributed by atoms with Crippen molar-refractivity contribution in [3.63, 3.8) is 0 Å². The van der Waals surface area contributed by atoms with Crippen molar-refractivity contribution in [1.29, 1.82) is 0 Å². The molecule has 13 heteroatoms. The number of rotatable bonds is 14. The van der Waals surface area contributed by atoms with Gasteiger partial charge in [0.15, 0.2) is 6.29 Å². The highest BCUT2D eigenvalue weighted by molar-refractivity contribution is 7.89. The molecule has 46 heavy (non-hydrogen) atoms. The third-order valence-electron chi connectivity index (χ3n) is 8.67. The van der Waals surface area contributed by atoms with E-state index in [2.05, 4.69) is 16.0 Å². The van der Waals surface area contributed by atoms with Crippen LogP contribution >= 0.6 is 0 Å². The highest BCUT2D eigenvalue weighted by atomic mass is 32.2. The molecule has 5 rings (SSSR count). The number of ether oxygens (including phenoxy) is 3. The molecule has 0 radical (unpaired) electrons. The first kappa shape index (κ1) is 34.3. The second-order valence-corrected chi connectivity index (χ2v) is 14.6. The van der Waals surface area contributed by atoms with E-state index in [4.69, 9.17) is 14.2 Å². The number of aliphatic hydroxyl groups excluding tert-OH is 1. The number of hydrogen-bond donors (Lipinski definition) is 4. The summed E-state index contributed by atoms with van der Waals surface area (Å²) in [6.45, 7) is 5.62. The molecule has 0 saturated carbocycles.